The number of pyridine rings is 1. The van der Waals surface area contributed by atoms with Crippen LogP contribution >= 0.6 is 0 Å². The molecule has 0 spiro atoms. The number of aliphatic hydroxyl groups is 2. The molecule has 5 N–H and O–H groups in total. The molecule has 0 unspecified atom stereocenters. The Kier molecular flexibility index (Phi) is 6.61. The molecule has 0 aliphatic heterocycles. The molecule has 0 amide bonds. The summed E-state index contributed by atoms with van der Waals surface area (Å²) in [6, 6.07) is 5.06. The number of nitrogens with zero attached hydrogens (tertiary/aromatic N) is 1. The first-order chi connectivity index (χ1) is 16.1. The highest BCUT2D eigenvalue weighted by atomic mass is 19.4. The zero-order chi connectivity index (χ0) is 24.6. The molecule has 1 aromatic heterocycles. The Morgan fingerprint density at radius 2 is 1.85 bits per heavy atom. The first-order valence-electron chi connectivity index (χ1n) is 10.5. The Bertz CT molecular complexity index is 1200. The quantitative estimate of drug-likeness (QED) is 0.381. The summed E-state index contributed by atoms with van der Waals surface area (Å²) in [5.74, 6) is -1.87. The van der Waals surface area contributed by atoms with Crippen LogP contribution < -0.4 is 15.8 Å². The SMILES string of the molecule is Nc1cc2c(CNC3CC(Oc4ccc(F)c(C(F)(F)F)c4)C3)c(F)cc([C@@H](O)CO)c2cn1. The van der Waals surface area contributed by atoms with E-state index in [4.69, 9.17) is 10.5 Å². The van der Waals surface area contributed by atoms with Crippen LogP contribution in [0.3, 0.4) is 0 Å². The first kappa shape index (κ1) is 24.1. The maximum Gasteiger partial charge on any atom is 0.419 e. The number of hydrogen-bond donors (Lipinski definition) is 4. The molecule has 0 radical (unpaired) electrons. The van der Waals surface area contributed by atoms with E-state index in [1.807, 2.05) is 0 Å². The van der Waals surface area contributed by atoms with Crippen LogP contribution in [0.25, 0.3) is 10.8 Å². The minimum atomic E-state index is -4.82. The van der Waals surface area contributed by atoms with E-state index < -0.39 is 36.1 Å². The first-order valence-corrected chi connectivity index (χ1v) is 10.5. The monoisotopic (exact) mass is 483 g/mol. The lowest BCUT2D eigenvalue weighted by Crippen LogP contribution is -2.46. The van der Waals surface area contributed by atoms with E-state index in [2.05, 4.69) is 10.3 Å². The normalized spacial score (nSPS) is 19.1. The van der Waals surface area contributed by atoms with Gasteiger partial charge in [0, 0.05) is 29.7 Å². The van der Waals surface area contributed by atoms with Crippen LogP contribution in [0.1, 0.15) is 35.6 Å². The van der Waals surface area contributed by atoms with Gasteiger partial charge in [-0.1, -0.05) is 0 Å². The summed E-state index contributed by atoms with van der Waals surface area (Å²) in [7, 11) is 0. The Hall–Kier alpha value is -3.02. The molecule has 1 heterocycles. The van der Waals surface area contributed by atoms with Crippen molar-refractivity contribution in [3.05, 3.63) is 64.9 Å². The van der Waals surface area contributed by atoms with Gasteiger partial charge >= 0.3 is 6.18 Å². The van der Waals surface area contributed by atoms with Gasteiger partial charge in [0.2, 0.25) is 0 Å². The predicted molar refractivity (Wildman–Crippen MR) is 114 cm³/mol. The fraction of sp³-hybridized carbons (Fsp3) is 0.348. The molecule has 4 rings (SSSR count). The van der Waals surface area contributed by atoms with Crippen LogP contribution in [0.5, 0.6) is 5.75 Å². The number of aliphatic hydroxyl groups excluding tert-OH is 2. The van der Waals surface area contributed by atoms with Gasteiger partial charge in [-0.25, -0.2) is 13.8 Å². The number of nitrogen functional groups attached to an aromatic ring is 1. The van der Waals surface area contributed by atoms with Gasteiger partial charge in [0.05, 0.1) is 12.2 Å². The zero-order valence-corrected chi connectivity index (χ0v) is 17.7. The second kappa shape index (κ2) is 9.32. The topological polar surface area (TPSA) is 101 Å². The minimum absolute atomic E-state index is 0.0739. The fourth-order valence-corrected chi connectivity index (χ4v) is 4.00. The third-order valence-corrected chi connectivity index (χ3v) is 5.87. The van der Waals surface area contributed by atoms with Crippen molar-refractivity contribution in [3.8, 4) is 5.75 Å². The molecule has 11 heteroatoms. The molecule has 0 saturated heterocycles. The van der Waals surface area contributed by atoms with Gasteiger partial charge < -0.3 is 26.0 Å². The second-order valence-electron chi connectivity index (χ2n) is 8.21. The van der Waals surface area contributed by atoms with E-state index in [1.165, 1.54) is 12.3 Å². The summed E-state index contributed by atoms with van der Waals surface area (Å²) in [6.45, 7) is -0.466. The number of aromatic nitrogens is 1. The molecule has 1 fully saturated rings. The average molecular weight is 483 g/mol. The smallest absolute Gasteiger partial charge is 0.419 e. The summed E-state index contributed by atoms with van der Waals surface area (Å²) in [4.78, 5) is 3.99. The van der Waals surface area contributed by atoms with Gasteiger partial charge in [0.25, 0.3) is 0 Å². The number of rotatable bonds is 7. The van der Waals surface area contributed by atoms with Crippen LogP contribution in [0.15, 0.2) is 36.5 Å². The van der Waals surface area contributed by atoms with Gasteiger partial charge in [-0.2, -0.15) is 13.2 Å². The molecule has 34 heavy (non-hydrogen) atoms. The molecule has 1 atom stereocenters. The van der Waals surface area contributed by atoms with E-state index in [9.17, 15) is 32.2 Å². The Morgan fingerprint density at radius 3 is 2.53 bits per heavy atom. The van der Waals surface area contributed by atoms with Crippen molar-refractivity contribution >= 4 is 16.6 Å². The molecule has 1 aliphatic rings. The molecular weight excluding hydrogens is 461 g/mol. The number of alkyl halides is 3. The summed E-state index contributed by atoms with van der Waals surface area (Å²) >= 11 is 0. The van der Waals surface area contributed by atoms with Crippen LogP contribution in [-0.2, 0) is 12.7 Å². The highest BCUT2D eigenvalue weighted by Gasteiger charge is 2.36. The summed E-state index contributed by atoms with van der Waals surface area (Å²) < 4.78 is 72.4. The third-order valence-electron chi connectivity index (χ3n) is 5.87. The number of halogens is 5. The Morgan fingerprint density at radius 1 is 1.12 bits per heavy atom. The molecule has 0 bridgehead atoms. The van der Waals surface area contributed by atoms with Crippen LogP contribution in [0.4, 0.5) is 27.8 Å². The van der Waals surface area contributed by atoms with Crippen molar-refractivity contribution < 1.29 is 36.9 Å². The number of nitrogens with one attached hydrogen (secondary N) is 1. The van der Waals surface area contributed by atoms with Crippen molar-refractivity contribution in [3.63, 3.8) is 0 Å². The summed E-state index contributed by atoms with van der Waals surface area (Å²) in [6.07, 6.45) is -4.13. The summed E-state index contributed by atoms with van der Waals surface area (Å²) in [5.41, 5.74) is 4.87. The van der Waals surface area contributed by atoms with Crippen molar-refractivity contribution in [2.75, 3.05) is 12.3 Å². The molecule has 2 aromatic carbocycles. The number of benzene rings is 2. The van der Waals surface area contributed by atoms with E-state index in [-0.39, 0.29) is 35.8 Å². The van der Waals surface area contributed by atoms with E-state index in [0.29, 0.717) is 35.2 Å². The Labute approximate surface area is 191 Å². The molecule has 3 aromatic rings. The predicted octanol–water partition coefficient (Wildman–Crippen LogP) is 3.84. The second-order valence-corrected chi connectivity index (χ2v) is 8.21. The lowest BCUT2D eigenvalue weighted by molar-refractivity contribution is -0.140. The van der Waals surface area contributed by atoms with Gasteiger partial charge in [0.1, 0.15) is 35.4 Å². The molecule has 1 aliphatic carbocycles. The number of ether oxygens (including phenoxy) is 1. The van der Waals surface area contributed by atoms with Crippen molar-refractivity contribution in [1.29, 1.82) is 0 Å². The number of fused-ring (bicyclic) bond motifs is 1. The molecule has 182 valence electrons. The maximum absolute atomic E-state index is 14.9. The highest BCUT2D eigenvalue weighted by molar-refractivity contribution is 5.90. The maximum atomic E-state index is 14.9. The minimum Gasteiger partial charge on any atom is -0.490 e. The van der Waals surface area contributed by atoms with Gasteiger partial charge in [-0.3, -0.25) is 0 Å². The lowest BCUT2D eigenvalue weighted by atomic mass is 9.88. The van der Waals surface area contributed by atoms with Crippen molar-refractivity contribution in [2.45, 2.75) is 43.8 Å². The average Bonchev–Trinajstić information content (AvgIpc) is 2.75. The standard InChI is InChI=1S/C23H22F5N3O3/c24-19-2-1-12(5-18(19)23(26,27)28)34-13-3-11(4-13)30-9-17-14-7-22(29)31-8-16(14)15(6-20(17)25)21(33)10-32/h1-2,5-8,11,13,21,30,32-33H,3-4,9-10H2,(H2,29,31)/t11?,13?,21-/m0/s1. The fourth-order valence-electron chi connectivity index (χ4n) is 4.00. The molecular formula is C23H22F5N3O3. The van der Waals surface area contributed by atoms with Crippen LogP contribution in [0.2, 0.25) is 0 Å². The number of hydrogen-bond acceptors (Lipinski definition) is 6. The highest BCUT2D eigenvalue weighted by Crippen LogP contribution is 2.35. The van der Waals surface area contributed by atoms with Crippen LogP contribution in [-0.4, -0.2) is 33.9 Å². The zero-order valence-electron chi connectivity index (χ0n) is 17.7. The van der Waals surface area contributed by atoms with Crippen molar-refractivity contribution in [2.24, 2.45) is 0 Å². The van der Waals surface area contributed by atoms with E-state index in [1.54, 1.807) is 0 Å². The molecule has 1 saturated carbocycles. The number of nitrogens with two attached hydrogens (primary N) is 1. The van der Waals surface area contributed by atoms with Crippen molar-refractivity contribution in [1.82, 2.24) is 10.3 Å². The van der Waals surface area contributed by atoms with Gasteiger partial charge in [0.15, 0.2) is 0 Å². The van der Waals surface area contributed by atoms with Gasteiger partial charge in [-0.15, -0.1) is 0 Å². The Balaban J connectivity index is 1.42. The third kappa shape index (κ3) is 4.91. The summed E-state index contributed by atoms with van der Waals surface area (Å²) in [5, 5.41) is 23.4. The lowest BCUT2D eigenvalue weighted by Gasteiger charge is -2.36. The van der Waals surface area contributed by atoms with Crippen LogP contribution in [0, 0.1) is 11.6 Å². The molecule has 6 nitrogen and oxygen atoms in total. The largest absolute Gasteiger partial charge is 0.490 e. The van der Waals surface area contributed by atoms with E-state index in [0.717, 1.165) is 18.2 Å². The van der Waals surface area contributed by atoms with Gasteiger partial charge in [-0.05, 0) is 54.1 Å². The number of anilines is 1. The van der Waals surface area contributed by atoms with E-state index >= 15 is 0 Å².